The molecule has 0 heterocycles. The third-order valence-corrected chi connectivity index (χ3v) is 3.84. The second-order valence-corrected chi connectivity index (χ2v) is 5.30. The summed E-state index contributed by atoms with van der Waals surface area (Å²) >= 11 is 17.8. The highest BCUT2D eigenvalue weighted by Crippen LogP contribution is 2.35. The van der Waals surface area contributed by atoms with Crippen LogP contribution in [0.2, 0.25) is 15.1 Å². The van der Waals surface area contributed by atoms with Crippen LogP contribution in [0.4, 0.5) is 0 Å². The molecule has 0 unspecified atom stereocenters. The van der Waals surface area contributed by atoms with Gasteiger partial charge in [-0.1, -0.05) is 41.2 Å². The van der Waals surface area contributed by atoms with Gasteiger partial charge in [-0.25, -0.2) is 0 Å². The lowest BCUT2D eigenvalue weighted by Gasteiger charge is -2.23. The summed E-state index contributed by atoms with van der Waals surface area (Å²) in [6.45, 7) is 0. The van der Waals surface area contributed by atoms with Gasteiger partial charge in [0.05, 0.1) is 21.2 Å². The minimum Gasteiger partial charge on any atom is -0.489 e. The van der Waals surface area contributed by atoms with E-state index in [0.717, 1.165) is 12.8 Å². The van der Waals surface area contributed by atoms with Crippen LogP contribution in [0.1, 0.15) is 32.1 Å². The third-order valence-electron chi connectivity index (χ3n) is 2.82. The maximum atomic E-state index is 6.05. The average molecular weight is 280 g/mol. The van der Waals surface area contributed by atoms with Crippen LogP contribution in [0, 0.1) is 0 Å². The van der Waals surface area contributed by atoms with Crippen LogP contribution in [0.15, 0.2) is 12.1 Å². The number of benzene rings is 1. The molecule has 0 aliphatic heterocycles. The first-order valence-corrected chi connectivity index (χ1v) is 6.61. The Kier molecular flexibility index (Phi) is 4.23. The van der Waals surface area contributed by atoms with Gasteiger partial charge in [0.25, 0.3) is 0 Å². The lowest BCUT2D eigenvalue weighted by Crippen LogP contribution is -2.19. The predicted octanol–water partition coefficient (Wildman–Crippen LogP) is 5.36. The van der Waals surface area contributed by atoms with Gasteiger partial charge < -0.3 is 4.74 Å². The van der Waals surface area contributed by atoms with E-state index in [2.05, 4.69) is 0 Å². The highest BCUT2D eigenvalue weighted by molar-refractivity contribution is 6.43. The Morgan fingerprint density at radius 1 is 0.875 bits per heavy atom. The zero-order chi connectivity index (χ0) is 11.5. The van der Waals surface area contributed by atoms with Crippen LogP contribution in [0.25, 0.3) is 0 Å². The van der Waals surface area contributed by atoms with E-state index in [4.69, 9.17) is 39.5 Å². The Morgan fingerprint density at radius 2 is 1.50 bits per heavy atom. The van der Waals surface area contributed by atoms with E-state index in [0.29, 0.717) is 20.8 Å². The fourth-order valence-electron chi connectivity index (χ4n) is 1.96. The molecular formula is C12H13Cl3O. The molecule has 1 nitrogen and oxygen atoms in total. The van der Waals surface area contributed by atoms with Gasteiger partial charge >= 0.3 is 0 Å². The molecule has 1 aromatic rings. The Labute approximate surface area is 111 Å². The molecule has 0 N–H and O–H groups in total. The van der Waals surface area contributed by atoms with E-state index in [1.54, 1.807) is 12.1 Å². The summed E-state index contributed by atoms with van der Waals surface area (Å²) < 4.78 is 5.85. The van der Waals surface area contributed by atoms with Crippen molar-refractivity contribution in [2.24, 2.45) is 0 Å². The fourth-order valence-corrected chi connectivity index (χ4v) is 2.54. The van der Waals surface area contributed by atoms with Gasteiger partial charge in [-0.2, -0.15) is 0 Å². The molecule has 0 radical (unpaired) electrons. The van der Waals surface area contributed by atoms with Crippen LogP contribution >= 0.6 is 34.8 Å². The topological polar surface area (TPSA) is 9.23 Å². The standard InChI is InChI=1S/C12H13Cl3O/c13-9-6-11(15)12(7-10(9)14)16-8-4-2-1-3-5-8/h6-8H,1-5H2. The van der Waals surface area contributed by atoms with Gasteiger partial charge in [0.15, 0.2) is 0 Å². The molecule has 88 valence electrons. The van der Waals surface area contributed by atoms with E-state index in [9.17, 15) is 0 Å². The van der Waals surface area contributed by atoms with Crippen molar-refractivity contribution in [1.82, 2.24) is 0 Å². The lowest BCUT2D eigenvalue weighted by atomic mass is 9.98. The average Bonchev–Trinajstić information content (AvgIpc) is 2.27. The summed E-state index contributed by atoms with van der Waals surface area (Å²) in [7, 11) is 0. The minimum atomic E-state index is 0.267. The van der Waals surface area contributed by atoms with E-state index in [1.165, 1.54) is 19.3 Å². The summed E-state index contributed by atoms with van der Waals surface area (Å²) in [6.07, 6.45) is 6.21. The van der Waals surface area contributed by atoms with Crippen LogP contribution in [0.3, 0.4) is 0 Å². The van der Waals surface area contributed by atoms with Crippen LogP contribution < -0.4 is 4.74 Å². The van der Waals surface area contributed by atoms with Gasteiger partial charge in [-0.15, -0.1) is 0 Å². The Balaban J connectivity index is 2.11. The van der Waals surface area contributed by atoms with E-state index < -0.39 is 0 Å². The van der Waals surface area contributed by atoms with Crippen LogP contribution in [-0.2, 0) is 0 Å². The molecule has 1 fully saturated rings. The SMILES string of the molecule is Clc1cc(Cl)c(OC2CCCCC2)cc1Cl. The second-order valence-electron chi connectivity index (χ2n) is 4.07. The maximum absolute atomic E-state index is 6.05. The van der Waals surface area contributed by atoms with Crippen molar-refractivity contribution in [1.29, 1.82) is 0 Å². The predicted molar refractivity (Wildman–Crippen MR) is 69.0 cm³/mol. The number of halogens is 3. The number of hydrogen-bond donors (Lipinski definition) is 0. The first kappa shape index (κ1) is 12.3. The molecule has 2 rings (SSSR count). The van der Waals surface area contributed by atoms with E-state index >= 15 is 0 Å². The molecule has 4 heteroatoms. The lowest BCUT2D eigenvalue weighted by molar-refractivity contribution is 0.155. The number of ether oxygens (including phenoxy) is 1. The second kappa shape index (κ2) is 5.48. The molecule has 1 aromatic carbocycles. The smallest absolute Gasteiger partial charge is 0.139 e. The zero-order valence-corrected chi connectivity index (χ0v) is 11.1. The van der Waals surface area contributed by atoms with Crippen molar-refractivity contribution in [3.05, 3.63) is 27.2 Å². The van der Waals surface area contributed by atoms with E-state index in [1.807, 2.05) is 0 Å². The minimum absolute atomic E-state index is 0.267. The molecule has 0 atom stereocenters. The highest BCUT2D eigenvalue weighted by atomic mass is 35.5. The van der Waals surface area contributed by atoms with Gasteiger partial charge in [0, 0.05) is 6.07 Å². The number of hydrogen-bond acceptors (Lipinski definition) is 1. The Bertz CT molecular complexity index is 373. The molecule has 1 aliphatic rings. The molecule has 1 saturated carbocycles. The molecule has 0 aromatic heterocycles. The first-order valence-electron chi connectivity index (χ1n) is 5.48. The van der Waals surface area contributed by atoms with Crippen molar-refractivity contribution >= 4 is 34.8 Å². The first-order chi connectivity index (χ1) is 7.66. The monoisotopic (exact) mass is 278 g/mol. The molecule has 0 bridgehead atoms. The molecule has 0 saturated heterocycles. The van der Waals surface area contributed by atoms with Crippen molar-refractivity contribution in [2.75, 3.05) is 0 Å². The van der Waals surface area contributed by atoms with Gasteiger partial charge in [-0.05, 0) is 31.7 Å². The normalized spacial score (nSPS) is 17.4. The fraction of sp³-hybridized carbons (Fsp3) is 0.500. The van der Waals surface area contributed by atoms with Gasteiger partial charge in [0.1, 0.15) is 5.75 Å². The van der Waals surface area contributed by atoms with Crippen molar-refractivity contribution < 1.29 is 4.74 Å². The van der Waals surface area contributed by atoms with Crippen LogP contribution in [-0.4, -0.2) is 6.10 Å². The molecule has 0 spiro atoms. The summed E-state index contributed by atoms with van der Waals surface area (Å²) in [5.74, 6) is 0.642. The molecule has 16 heavy (non-hydrogen) atoms. The molecule has 0 amide bonds. The largest absolute Gasteiger partial charge is 0.489 e. The summed E-state index contributed by atoms with van der Waals surface area (Å²) in [5.41, 5.74) is 0. The van der Waals surface area contributed by atoms with Crippen molar-refractivity contribution in [3.8, 4) is 5.75 Å². The van der Waals surface area contributed by atoms with Crippen molar-refractivity contribution in [2.45, 2.75) is 38.2 Å². The van der Waals surface area contributed by atoms with Gasteiger partial charge in [0.2, 0.25) is 0 Å². The summed E-state index contributed by atoms with van der Waals surface area (Å²) in [6, 6.07) is 3.32. The quantitative estimate of drug-likeness (QED) is 0.662. The third kappa shape index (κ3) is 2.97. The van der Waals surface area contributed by atoms with Crippen molar-refractivity contribution in [3.63, 3.8) is 0 Å². The Hall–Kier alpha value is -0.110. The van der Waals surface area contributed by atoms with Gasteiger partial charge in [-0.3, -0.25) is 0 Å². The van der Waals surface area contributed by atoms with E-state index in [-0.39, 0.29) is 6.10 Å². The zero-order valence-electron chi connectivity index (χ0n) is 8.81. The molecule has 1 aliphatic carbocycles. The summed E-state index contributed by atoms with van der Waals surface area (Å²) in [5, 5.41) is 1.47. The molecular weight excluding hydrogens is 266 g/mol. The maximum Gasteiger partial charge on any atom is 0.139 e. The van der Waals surface area contributed by atoms with Crippen LogP contribution in [0.5, 0.6) is 5.75 Å². The highest BCUT2D eigenvalue weighted by Gasteiger charge is 2.17. The summed E-state index contributed by atoms with van der Waals surface area (Å²) in [4.78, 5) is 0. The Morgan fingerprint density at radius 3 is 2.19 bits per heavy atom. The number of rotatable bonds is 2.